The van der Waals surface area contributed by atoms with Crippen LogP contribution in [0.4, 0.5) is 5.69 Å². The predicted octanol–water partition coefficient (Wildman–Crippen LogP) is 1.98. The van der Waals surface area contributed by atoms with Crippen LogP contribution in [-0.2, 0) is 20.8 Å². The number of carbonyl (C=O) groups excluding carboxylic acids is 2. The number of carbonyl (C=O) groups is 4. The van der Waals surface area contributed by atoms with Gasteiger partial charge in [0.05, 0.1) is 6.54 Å². The summed E-state index contributed by atoms with van der Waals surface area (Å²) in [6.07, 6.45) is 5.28. The summed E-state index contributed by atoms with van der Waals surface area (Å²) in [6.45, 7) is 3.02. The van der Waals surface area contributed by atoms with Gasteiger partial charge in [-0.25, -0.2) is 0 Å². The van der Waals surface area contributed by atoms with Gasteiger partial charge in [0.2, 0.25) is 5.91 Å². The number of aliphatic carboxylic acids is 2. The highest BCUT2D eigenvalue weighted by molar-refractivity contribution is 5.91. The van der Waals surface area contributed by atoms with Gasteiger partial charge in [0.25, 0.3) is 0 Å². The van der Waals surface area contributed by atoms with E-state index in [1.165, 1.54) is 5.56 Å². The zero-order valence-corrected chi connectivity index (χ0v) is 22.1. The van der Waals surface area contributed by atoms with Crippen LogP contribution < -0.4 is 28.3 Å². The Morgan fingerprint density at radius 3 is 1.92 bits per heavy atom. The molecule has 0 aromatic heterocycles. The van der Waals surface area contributed by atoms with E-state index >= 15 is 0 Å². The highest BCUT2D eigenvalue weighted by Crippen LogP contribution is 2.08. The van der Waals surface area contributed by atoms with Crippen molar-refractivity contribution < 1.29 is 29.4 Å². The molecule has 0 aliphatic rings. The third-order valence-corrected chi connectivity index (χ3v) is 4.54. The summed E-state index contributed by atoms with van der Waals surface area (Å²) in [5, 5.41) is 18.7. The monoisotopic (exact) mass is 533 g/mol. The van der Waals surface area contributed by atoms with Gasteiger partial charge < -0.3 is 38.5 Å². The number of benzene rings is 2. The van der Waals surface area contributed by atoms with Crippen LogP contribution in [0, 0.1) is 0 Å². The lowest BCUT2D eigenvalue weighted by atomic mass is 10.1. The lowest BCUT2D eigenvalue weighted by Gasteiger charge is -2.03. The molecule has 11 nitrogen and oxygen atoms in total. The molecule has 2 rings (SSSR count). The summed E-state index contributed by atoms with van der Waals surface area (Å²) in [5.41, 5.74) is 23.0. The van der Waals surface area contributed by atoms with Crippen molar-refractivity contribution in [3.05, 3.63) is 65.7 Å². The van der Waals surface area contributed by atoms with Gasteiger partial charge in [-0.3, -0.25) is 19.2 Å². The Labute approximate surface area is 224 Å². The fraction of sp³-hybridized carbons (Fsp3) is 0.407. The molecule has 0 heterocycles. The van der Waals surface area contributed by atoms with Crippen LogP contribution in [0.3, 0.4) is 0 Å². The van der Waals surface area contributed by atoms with Crippen molar-refractivity contribution in [2.45, 2.75) is 51.5 Å². The molecule has 0 unspecified atom stereocenters. The summed E-state index contributed by atoms with van der Waals surface area (Å²) < 4.78 is 0. The van der Waals surface area contributed by atoms with Gasteiger partial charge in [-0.15, -0.1) is 0 Å². The van der Waals surface area contributed by atoms with E-state index in [0.717, 1.165) is 44.2 Å². The van der Waals surface area contributed by atoms with Crippen molar-refractivity contribution >= 4 is 29.8 Å². The number of rotatable bonds is 12. The fourth-order valence-electron chi connectivity index (χ4n) is 2.54. The SMILES string of the molecule is CCCC(=O)Nc1ccc(C=O)cc1.NCC(=O)O.NCCCC[C@H](N)C(=O)O.NCCc1ccccc1. The average Bonchev–Trinajstić information content (AvgIpc) is 2.91. The van der Waals surface area contributed by atoms with Gasteiger partial charge in [-0.05, 0) is 68.6 Å². The number of unbranched alkanes of at least 4 members (excludes halogenated alkanes) is 1. The number of anilines is 1. The largest absolute Gasteiger partial charge is 0.480 e. The lowest BCUT2D eigenvalue weighted by Crippen LogP contribution is -2.29. The first kappa shape index (κ1) is 36.5. The van der Waals surface area contributed by atoms with E-state index in [1.54, 1.807) is 24.3 Å². The number of hydrogen-bond acceptors (Lipinski definition) is 8. The third kappa shape index (κ3) is 22.8. The lowest BCUT2D eigenvalue weighted by molar-refractivity contribution is -0.139. The number of carboxylic acid groups (broad SMARTS) is 2. The van der Waals surface area contributed by atoms with Gasteiger partial charge in [0.15, 0.2) is 0 Å². The highest BCUT2D eigenvalue weighted by Gasteiger charge is 2.09. The Kier molecular flexibility index (Phi) is 24.1. The van der Waals surface area contributed by atoms with Crippen molar-refractivity contribution in [1.29, 1.82) is 0 Å². The van der Waals surface area contributed by atoms with Crippen LogP contribution in [0.15, 0.2) is 54.6 Å². The number of hydrogen-bond donors (Lipinski definition) is 7. The molecule has 38 heavy (non-hydrogen) atoms. The predicted molar refractivity (Wildman–Crippen MR) is 150 cm³/mol. The summed E-state index contributed by atoms with van der Waals surface area (Å²) in [4.78, 5) is 40.9. The van der Waals surface area contributed by atoms with Crippen LogP contribution in [0.2, 0.25) is 0 Å². The van der Waals surface area contributed by atoms with E-state index in [-0.39, 0.29) is 12.5 Å². The zero-order chi connectivity index (χ0) is 29.2. The Morgan fingerprint density at radius 1 is 0.921 bits per heavy atom. The topological polar surface area (TPSA) is 225 Å². The molecule has 0 spiro atoms. The minimum atomic E-state index is -0.968. The molecule has 0 radical (unpaired) electrons. The molecule has 0 saturated heterocycles. The quantitative estimate of drug-likeness (QED) is 0.155. The molecule has 11 N–H and O–H groups in total. The molecule has 1 amide bonds. The standard InChI is InChI=1S/C11H13NO2.C8H11N.C6H14N2O2.C2H5NO2/c1-2-3-11(14)12-10-6-4-9(8-13)5-7-10;9-7-6-8-4-2-1-3-5-8;7-4-2-1-3-5(8)6(9)10;3-1-2(4)5/h4-8H,2-3H2,1H3,(H,12,14);1-5H,6-7,9H2;5H,1-4,7-8H2,(H,9,10);1,3H2,(H,4,5)/t;;5-;/m..0./s1. The summed E-state index contributed by atoms with van der Waals surface area (Å²) >= 11 is 0. The second-order valence-corrected chi connectivity index (χ2v) is 7.89. The number of nitrogens with one attached hydrogen (secondary N) is 1. The minimum Gasteiger partial charge on any atom is -0.480 e. The maximum atomic E-state index is 11.2. The zero-order valence-electron chi connectivity index (χ0n) is 22.1. The van der Waals surface area contributed by atoms with Gasteiger partial charge in [-0.2, -0.15) is 0 Å². The molecule has 0 bridgehead atoms. The van der Waals surface area contributed by atoms with Crippen LogP contribution in [-0.4, -0.2) is 60.0 Å². The Hall–Kier alpha value is -3.64. The first-order valence-electron chi connectivity index (χ1n) is 12.3. The first-order valence-corrected chi connectivity index (χ1v) is 12.3. The number of carboxylic acids is 2. The molecule has 0 aliphatic heterocycles. The number of amides is 1. The van der Waals surface area contributed by atoms with Crippen molar-refractivity contribution in [2.24, 2.45) is 22.9 Å². The van der Waals surface area contributed by atoms with Gasteiger partial charge in [0.1, 0.15) is 12.3 Å². The van der Waals surface area contributed by atoms with E-state index in [9.17, 15) is 19.2 Å². The summed E-state index contributed by atoms with van der Waals surface area (Å²) in [5.74, 6) is -1.90. The van der Waals surface area contributed by atoms with E-state index in [4.69, 9.17) is 27.4 Å². The molecule has 0 aliphatic carbocycles. The molecule has 2 aromatic carbocycles. The number of aldehydes is 1. The normalized spacial score (nSPS) is 10.1. The summed E-state index contributed by atoms with van der Waals surface area (Å²) in [7, 11) is 0. The van der Waals surface area contributed by atoms with Crippen LogP contribution >= 0.6 is 0 Å². The Balaban J connectivity index is 0. The van der Waals surface area contributed by atoms with Gasteiger partial charge in [0, 0.05) is 17.7 Å². The van der Waals surface area contributed by atoms with E-state index in [0.29, 0.717) is 24.9 Å². The number of nitrogens with two attached hydrogens (primary N) is 4. The molecule has 1 atom stereocenters. The molecule has 212 valence electrons. The van der Waals surface area contributed by atoms with E-state index in [1.807, 2.05) is 25.1 Å². The van der Waals surface area contributed by atoms with Crippen molar-refractivity contribution in [3.8, 4) is 0 Å². The maximum Gasteiger partial charge on any atom is 0.320 e. The van der Waals surface area contributed by atoms with Crippen molar-refractivity contribution in [1.82, 2.24) is 0 Å². The van der Waals surface area contributed by atoms with Gasteiger partial charge in [-0.1, -0.05) is 43.7 Å². The molecular formula is C27H43N5O6. The minimum absolute atomic E-state index is 0.00588. The summed E-state index contributed by atoms with van der Waals surface area (Å²) in [6, 6.07) is 16.3. The van der Waals surface area contributed by atoms with Crippen molar-refractivity contribution in [3.63, 3.8) is 0 Å². The maximum absolute atomic E-state index is 11.2. The van der Waals surface area contributed by atoms with Crippen LogP contribution in [0.5, 0.6) is 0 Å². The highest BCUT2D eigenvalue weighted by atomic mass is 16.4. The average molecular weight is 534 g/mol. The molecule has 0 fully saturated rings. The smallest absolute Gasteiger partial charge is 0.320 e. The first-order chi connectivity index (χ1) is 18.1. The molecule has 2 aromatic rings. The molecular weight excluding hydrogens is 490 g/mol. The molecule has 0 saturated carbocycles. The van der Waals surface area contributed by atoms with Crippen LogP contribution in [0.1, 0.15) is 54.9 Å². The van der Waals surface area contributed by atoms with Crippen LogP contribution in [0.25, 0.3) is 0 Å². The van der Waals surface area contributed by atoms with E-state index < -0.39 is 18.0 Å². The fourth-order valence-corrected chi connectivity index (χ4v) is 2.54. The van der Waals surface area contributed by atoms with Gasteiger partial charge >= 0.3 is 11.9 Å². The second kappa shape index (κ2) is 25.0. The Bertz CT molecular complexity index is 895. The Morgan fingerprint density at radius 2 is 1.50 bits per heavy atom. The van der Waals surface area contributed by atoms with E-state index in [2.05, 4.69) is 23.2 Å². The second-order valence-electron chi connectivity index (χ2n) is 7.89. The van der Waals surface area contributed by atoms with Crippen molar-refractivity contribution in [2.75, 3.05) is 25.0 Å². The third-order valence-electron chi connectivity index (χ3n) is 4.54. The molecule has 11 heteroatoms.